The van der Waals surface area contributed by atoms with Crippen molar-refractivity contribution in [1.29, 1.82) is 0 Å². The minimum atomic E-state index is -3.90. The average molecular weight is 579 g/mol. The van der Waals surface area contributed by atoms with Crippen molar-refractivity contribution in [3.05, 3.63) is 82.7 Å². The van der Waals surface area contributed by atoms with E-state index >= 15 is 0 Å². The van der Waals surface area contributed by atoms with Gasteiger partial charge in [0.1, 0.15) is 5.82 Å². The van der Waals surface area contributed by atoms with Crippen LogP contribution in [0.2, 0.25) is 0 Å². The van der Waals surface area contributed by atoms with Crippen molar-refractivity contribution in [2.24, 2.45) is 5.92 Å². The molecule has 0 atom stereocenters. The first kappa shape index (κ1) is 29.6. The molecule has 1 N–H and O–H groups in total. The first-order chi connectivity index (χ1) is 19.6. The molecule has 6 nitrogen and oxygen atoms in total. The Morgan fingerprint density at radius 1 is 1.00 bits per heavy atom. The van der Waals surface area contributed by atoms with E-state index in [2.05, 4.69) is 40.4 Å². The number of anilines is 1. The predicted octanol–water partition coefficient (Wildman–Crippen LogP) is 6.83. The zero-order valence-electron chi connectivity index (χ0n) is 24.6. The van der Waals surface area contributed by atoms with Crippen LogP contribution in [0.3, 0.4) is 0 Å². The summed E-state index contributed by atoms with van der Waals surface area (Å²) in [6, 6.07) is 10.1. The van der Waals surface area contributed by atoms with Crippen LogP contribution in [-0.2, 0) is 41.2 Å². The molecule has 2 heterocycles. The Bertz CT molecular complexity index is 1450. The highest BCUT2D eigenvalue weighted by Crippen LogP contribution is 2.30. The maximum atomic E-state index is 14.9. The van der Waals surface area contributed by atoms with Crippen molar-refractivity contribution >= 4 is 15.7 Å². The molecule has 2 aliphatic rings. The van der Waals surface area contributed by atoms with Crippen LogP contribution >= 0.6 is 0 Å². The fraction of sp³-hybridized carbons (Fsp3) is 0.515. The van der Waals surface area contributed by atoms with Crippen LogP contribution < -0.4 is 4.72 Å². The topological polar surface area (TPSA) is 75.2 Å². The van der Waals surface area contributed by atoms with Crippen LogP contribution in [0, 0.1) is 11.7 Å². The number of fused-ring (bicyclic) bond motifs is 1. The summed E-state index contributed by atoms with van der Waals surface area (Å²) < 4.78 is 43.6. The summed E-state index contributed by atoms with van der Waals surface area (Å²) >= 11 is 0. The molecule has 0 saturated heterocycles. The second kappa shape index (κ2) is 12.6. The van der Waals surface area contributed by atoms with Crippen LogP contribution in [0.15, 0.2) is 53.7 Å². The third-order valence-electron chi connectivity index (χ3n) is 8.57. The van der Waals surface area contributed by atoms with Gasteiger partial charge in [-0.2, -0.15) is 0 Å². The quantitative estimate of drug-likeness (QED) is 0.286. The third-order valence-corrected chi connectivity index (χ3v) is 9.93. The Hall–Kier alpha value is -2.84. The largest absolute Gasteiger partial charge is 0.298 e. The number of hydrogen-bond donors (Lipinski definition) is 1. The molecule has 0 radical (unpaired) electrons. The third kappa shape index (κ3) is 7.72. The van der Waals surface area contributed by atoms with E-state index in [4.69, 9.17) is 0 Å². The smallest absolute Gasteiger partial charge is 0.261 e. The summed E-state index contributed by atoms with van der Waals surface area (Å²) in [6.07, 6.45) is 13.7. The zero-order valence-corrected chi connectivity index (χ0v) is 25.4. The van der Waals surface area contributed by atoms with Gasteiger partial charge in [-0.05, 0) is 66.1 Å². The van der Waals surface area contributed by atoms with Crippen molar-refractivity contribution in [3.63, 3.8) is 0 Å². The summed E-state index contributed by atoms with van der Waals surface area (Å²) in [6.45, 7) is 8.84. The number of benzene rings is 2. The number of aryl methyl sites for hydroxylation is 1. The van der Waals surface area contributed by atoms with E-state index in [9.17, 15) is 12.8 Å². The lowest BCUT2D eigenvalue weighted by molar-refractivity contribution is 0.256. The molecule has 41 heavy (non-hydrogen) atoms. The van der Waals surface area contributed by atoms with Crippen molar-refractivity contribution in [1.82, 2.24) is 14.9 Å². The first-order valence-corrected chi connectivity index (χ1v) is 16.5. The SMILES string of the molecule is CC(C)(C)c1cnc(CCN2CCc3cc(S(=O)(=O)Nc4ccc(CCCC5CCCC5)cc4F)ccc3C2)cn1. The lowest BCUT2D eigenvalue weighted by Gasteiger charge is -2.29. The molecule has 0 amide bonds. The number of aromatic nitrogens is 2. The minimum absolute atomic E-state index is 0.00734. The van der Waals surface area contributed by atoms with E-state index < -0.39 is 15.8 Å². The normalized spacial score (nSPS) is 16.6. The molecule has 1 saturated carbocycles. The monoisotopic (exact) mass is 578 g/mol. The number of sulfonamides is 1. The van der Waals surface area contributed by atoms with Crippen molar-refractivity contribution in [2.45, 2.75) is 95.4 Å². The first-order valence-electron chi connectivity index (χ1n) is 15.0. The molecule has 220 valence electrons. The molecule has 1 aliphatic carbocycles. The van der Waals surface area contributed by atoms with E-state index in [1.807, 2.05) is 24.5 Å². The fourth-order valence-corrected chi connectivity index (χ4v) is 7.10. The zero-order chi connectivity index (χ0) is 29.0. The number of rotatable bonds is 10. The standard InChI is InChI=1S/C33H43FN4O2S/c1-33(2,3)32-22-35-28(21-36-32)16-18-38-17-15-26-20-29(13-12-27(26)23-38)41(39,40)37-31-14-11-25(19-30(31)34)10-6-9-24-7-4-5-8-24/h11-14,19-22,24,37H,4-10,15-18,23H2,1-3H3. The van der Waals surface area contributed by atoms with Gasteiger partial charge in [-0.3, -0.25) is 19.6 Å². The van der Waals surface area contributed by atoms with E-state index in [0.717, 1.165) is 79.3 Å². The predicted molar refractivity (Wildman–Crippen MR) is 162 cm³/mol. The summed E-state index contributed by atoms with van der Waals surface area (Å²) in [4.78, 5) is 11.7. The van der Waals surface area contributed by atoms with Crippen LogP contribution in [0.25, 0.3) is 0 Å². The average Bonchev–Trinajstić information content (AvgIpc) is 3.46. The molecule has 0 spiro atoms. The molecule has 0 unspecified atom stereocenters. The molecule has 8 heteroatoms. The molecular weight excluding hydrogens is 535 g/mol. The van der Waals surface area contributed by atoms with Gasteiger partial charge in [0.05, 0.1) is 22.0 Å². The highest BCUT2D eigenvalue weighted by molar-refractivity contribution is 7.92. The summed E-state index contributed by atoms with van der Waals surface area (Å²) in [7, 11) is -3.90. The van der Waals surface area contributed by atoms with Gasteiger partial charge in [0.2, 0.25) is 0 Å². The van der Waals surface area contributed by atoms with Crippen LogP contribution in [0.5, 0.6) is 0 Å². The van der Waals surface area contributed by atoms with Gasteiger partial charge in [-0.25, -0.2) is 12.8 Å². The number of halogens is 1. The van der Waals surface area contributed by atoms with E-state index in [1.54, 1.807) is 18.2 Å². The van der Waals surface area contributed by atoms with Gasteiger partial charge in [0, 0.05) is 43.9 Å². The Morgan fingerprint density at radius 3 is 2.51 bits per heavy atom. The molecule has 1 fully saturated rings. The number of nitrogens with one attached hydrogen (secondary N) is 1. The van der Waals surface area contributed by atoms with Crippen LogP contribution in [0.1, 0.15) is 87.4 Å². The van der Waals surface area contributed by atoms with Crippen molar-refractivity contribution < 1.29 is 12.8 Å². The van der Waals surface area contributed by atoms with Gasteiger partial charge in [0.25, 0.3) is 10.0 Å². The van der Waals surface area contributed by atoms with E-state index in [0.29, 0.717) is 0 Å². The molecule has 5 rings (SSSR count). The number of nitrogens with zero attached hydrogens (tertiary/aromatic N) is 3. The Kier molecular flexibility index (Phi) is 9.09. The van der Waals surface area contributed by atoms with Crippen molar-refractivity contribution in [2.75, 3.05) is 17.8 Å². The highest BCUT2D eigenvalue weighted by Gasteiger charge is 2.22. The van der Waals surface area contributed by atoms with Gasteiger partial charge in [-0.1, -0.05) is 65.0 Å². The van der Waals surface area contributed by atoms with Gasteiger partial charge >= 0.3 is 0 Å². The van der Waals surface area contributed by atoms with Crippen LogP contribution in [-0.4, -0.2) is 36.4 Å². The molecule has 0 bridgehead atoms. The molecular formula is C33H43FN4O2S. The number of hydrogen-bond acceptors (Lipinski definition) is 5. The summed E-state index contributed by atoms with van der Waals surface area (Å²) in [5.41, 5.74) is 4.99. The molecule has 1 aliphatic heterocycles. The summed E-state index contributed by atoms with van der Waals surface area (Å²) in [5, 5.41) is 0. The summed E-state index contributed by atoms with van der Waals surface area (Å²) in [5.74, 6) is 0.287. The van der Waals surface area contributed by atoms with Crippen LogP contribution in [0.4, 0.5) is 10.1 Å². The second-order valence-electron chi connectivity index (χ2n) is 12.8. The maximum Gasteiger partial charge on any atom is 0.261 e. The van der Waals surface area contributed by atoms with Gasteiger partial charge < -0.3 is 0 Å². The molecule has 1 aromatic heterocycles. The minimum Gasteiger partial charge on any atom is -0.298 e. The maximum absolute atomic E-state index is 14.9. The highest BCUT2D eigenvalue weighted by atomic mass is 32.2. The second-order valence-corrected chi connectivity index (χ2v) is 14.5. The molecule has 3 aromatic rings. The van der Waals surface area contributed by atoms with E-state index in [-0.39, 0.29) is 16.0 Å². The van der Waals surface area contributed by atoms with Crippen molar-refractivity contribution in [3.8, 4) is 0 Å². The van der Waals surface area contributed by atoms with Gasteiger partial charge in [-0.15, -0.1) is 0 Å². The Labute approximate surface area is 244 Å². The fourth-order valence-electron chi connectivity index (χ4n) is 5.98. The lowest BCUT2D eigenvalue weighted by atomic mass is 9.93. The van der Waals surface area contributed by atoms with Gasteiger partial charge in [0.15, 0.2) is 0 Å². The Morgan fingerprint density at radius 2 is 1.80 bits per heavy atom. The van der Waals surface area contributed by atoms with E-state index in [1.165, 1.54) is 38.2 Å². The lowest BCUT2D eigenvalue weighted by Crippen LogP contribution is -2.32. The Balaban J connectivity index is 1.15. The molecule has 2 aromatic carbocycles.